The molecule has 1 aromatic heterocycles. The highest BCUT2D eigenvalue weighted by Gasteiger charge is 2.23. The van der Waals surface area contributed by atoms with Crippen molar-refractivity contribution < 1.29 is 22.3 Å². The summed E-state index contributed by atoms with van der Waals surface area (Å²) in [5.41, 5.74) is 0.344. The first-order valence-electron chi connectivity index (χ1n) is 6.65. The predicted octanol–water partition coefficient (Wildman–Crippen LogP) is 2.38. The Balaban J connectivity index is 2.02. The van der Waals surface area contributed by atoms with Crippen LogP contribution in [-0.4, -0.2) is 30.8 Å². The van der Waals surface area contributed by atoms with Gasteiger partial charge in [-0.05, 0) is 37.3 Å². The Morgan fingerprint density at radius 3 is 2.39 bits per heavy atom. The normalized spacial score (nSPS) is 12.5. The van der Waals surface area contributed by atoms with Crippen molar-refractivity contribution in [2.75, 3.05) is 11.6 Å². The molecule has 1 amide bonds. The van der Waals surface area contributed by atoms with Crippen LogP contribution in [0.1, 0.15) is 6.92 Å². The number of hydrogen-bond acceptors (Lipinski definition) is 5. The van der Waals surface area contributed by atoms with Crippen molar-refractivity contribution in [1.82, 2.24) is 4.98 Å². The van der Waals surface area contributed by atoms with Gasteiger partial charge in [0.15, 0.2) is 9.84 Å². The van der Waals surface area contributed by atoms with Crippen LogP contribution in [0.2, 0.25) is 0 Å². The second-order valence-corrected chi connectivity index (χ2v) is 7.27. The quantitative estimate of drug-likeness (QED) is 0.905. The van der Waals surface area contributed by atoms with Crippen molar-refractivity contribution in [1.29, 1.82) is 0 Å². The van der Waals surface area contributed by atoms with E-state index in [4.69, 9.17) is 4.74 Å². The van der Waals surface area contributed by atoms with Gasteiger partial charge in [-0.2, -0.15) is 0 Å². The van der Waals surface area contributed by atoms with Gasteiger partial charge in [0, 0.05) is 12.3 Å². The zero-order valence-electron chi connectivity index (χ0n) is 12.5. The average molecular weight is 338 g/mol. The molecule has 2 aromatic rings. The zero-order valence-corrected chi connectivity index (χ0v) is 13.3. The van der Waals surface area contributed by atoms with E-state index in [1.807, 2.05) is 0 Å². The third kappa shape index (κ3) is 4.75. The minimum absolute atomic E-state index is 0.255. The summed E-state index contributed by atoms with van der Waals surface area (Å²) in [6.45, 7) is 1.31. The molecule has 0 fully saturated rings. The van der Waals surface area contributed by atoms with E-state index in [0.29, 0.717) is 11.4 Å². The van der Waals surface area contributed by atoms with Gasteiger partial charge < -0.3 is 10.1 Å². The smallest absolute Gasteiger partial charge is 0.242 e. The molecule has 1 atom stereocenters. The van der Waals surface area contributed by atoms with E-state index in [9.17, 15) is 17.6 Å². The Labute approximate surface area is 133 Å². The van der Waals surface area contributed by atoms with Crippen LogP contribution < -0.4 is 10.1 Å². The highest BCUT2D eigenvalue weighted by molar-refractivity contribution is 7.92. The zero-order chi connectivity index (χ0) is 17.0. The number of nitrogens with zero attached hydrogens (tertiary/aromatic N) is 1. The van der Waals surface area contributed by atoms with Gasteiger partial charge in [-0.15, -0.1) is 0 Å². The molecular formula is C15H15FN2O4S. The van der Waals surface area contributed by atoms with Crippen LogP contribution in [0.15, 0.2) is 42.6 Å². The minimum atomic E-state index is -3.46. The maximum Gasteiger partial charge on any atom is 0.242 e. The SMILES string of the molecule is C[C@H](C(=O)Nc1ccc(Oc2ccc(F)cc2)nc1)S(C)(=O)=O. The number of hydrogen-bond donors (Lipinski definition) is 1. The van der Waals surface area contributed by atoms with Crippen LogP contribution in [-0.2, 0) is 14.6 Å². The molecule has 0 bridgehead atoms. The van der Waals surface area contributed by atoms with Crippen molar-refractivity contribution in [2.45, 2.75) is 12.2 Å². The number of amides is 1. The molecule has 0 saturated heterocycles. The molecule has 6 nitrogen and oxygen atoms in total. The topological polar surface area (TPSA) is 85.4 Å². The summed E-state index contributed by atoms with van der Waals surface area (Å²) in [5.74, 6) is -0.336. The van der Waals surface area contributed by atoms with Crippen molar-refractivity contribution in [3.8, 4) is 11.6 Å². The predicted molar refractivity (Wildman–Crippen MR) is 83.6 cm³/mol. The van der Waals surface area contributed by atoms with Crippen LogP contribution in [0, 0.1) is 5.82 Å². The van der Waals surface area contributed by atoms with Gasteiger partial charge in [0.05, 0.1) is 11.9 Å². The Hall–Kier alpha value is -2.48. The molecule has 1 N–H and O–H groups in total. The minimum Gasteiger partial charge on any atom is -0.439 e. The summed E-state index contributed by atoms with van der Waals surface area (Å²) in [4.78, 5) is 15.8. The number of halogens is 1. The number of sulfone groups is 1. The van der Waals surface area contributed by atoms with Crippen molar-refractivity contribution in [3.63, 3.8) is 0 Å². The molecular weight excluding hydrogens is 323 g/mol. The molecule has 0 saturated carbocycles. The van der Waals surface area contributed by atoms with Crippen molar-refractivity contribution in [3.05, 3.63) is 48.4 Å². The number of anilines is 1. The van der Waals surface area contributed by atoms with Crippen LogP contribution in [0.25, 0.3) is 0 Å². The lowest BCUT2D eigenvalue weighted by Crippen LogP contribution is -2.31. The van der Waals surface area contributed by atoms with Gasteiger partial charge in [0.2, 0.25) is 11.8 Å². The van der Waals surface area contributed by atoms with Gasteiger partial charge >= 0.3 is 0 Å². The molecule has 0 aliphatic rings. The molecule has 122 valence electrons. The summed E-state index contributed by atoms with van der Waals surface area (Å²) < 4.78 is 40.8. The fourth-order valence-corrected chi connectivity index (χ4v) is 2.02. The number of benzene rings is 1. The third-order valence-electron chi connectivity index (χ3n) is 3.05. The first kappa shape index (κ1) is 16.9. The second kappa shape index (κ2) is 6.74. The molecule has 0 unspecified atom stereocenters. The first-order valence-corrected chi connectivity index (χ1v) is 8.60. The maximum atomic E-state index is 12.8. The molecule has 23 heavy (non-hydrogen) atoms. The van der Waals surface area contributed by atoms with Crippen LogP contribution >= 0.6 is 0 Å². The fourth-order valence-electron chi connectivity index (χ4n) is 1.58. The van der Waals surface area contributed by atoms with E-state index < -0.39 is 21.0 Å². The highest BCUT2D eigenvalue weighted by Crippen LogP contribution is 2.20. The van der Waals surface area contributed by atoms with Crippen molar-refractivity contribution >= 4 is 21.4 Å². The largest absolute Gasteiger partial charge is 0.439 e. The Bertz CT molecular complexity index is 789. The molecule has 8 heteroatoms. The van der Waals surface area contributed by atoms with Gasteiger partial charge in [-0.25, -0.2) is 17.8 Å². The fraction of sp³-hybridized carbons (Fsp3) is 0.200. The number of carbonyl (C=O) groups is 1. The molecule has 2 rings (SSSR count). The highest BCUT2D eigenvalue weighted by atomic mass is 32.2. The monoisotopic (exact) mass is 338 g/mol. The molecule has 1 heterocycles. The number of aromatic nitrogens is 1. The lowest BCUT2D eigenvalue weighted by atomic mass is 10.3. The van der Waals surface area contributed by atoms with Gasteiger partial charge in [0.25, 0.3) is 0 Å². The van der Waals surface area contributed by atoms with Crippen LogP contribution in [0.4, 0.5) is 10.1 Å². The summed E-state index contributed by atoms with van der Waals surface area (Å²) in [6, 6.07) is 8.47. The van der Waals surface area contributed by atoms with Crippen LogP contribution in [0.5, 0.6) is 11.6 Å². The number of carbonyl (C=O) groups excluding carboxylic acids is 1. The molecule has 0 aliphatic heterocycles. The molecule has 0 radical (unpaired) electrons. The van der Waals surface area contributed by atoms with Crippen molar-refractivity contribution in [2.24, 2.45) is 0 Å². The lowest BCUT2D eigenvalue weighted by Gasteiger charge is -2.10. The van der Waals surface area contributed by atoms with E-state index in [-0.39, 0.29) is 11.7 Å². The Morgan fingerprint density at radius 2 is 1.87 bits per heavy atom. The lowest BCUT2D eigenvalue weighted by molar-refractivity contribution is -0.115. The van der Waals surface area contributed by atoms with Gasteiger partial charge in [0.1, 0.15) is 16.8 Å². The Kier molecular flexibility index (Phi) is 4.95. The maximum absolute atomic E-state index is 12.8. The average Bonchev–Trinajstić information content (AvgIpc) is 2.50. The van der Waals surface area contributed by atoms with E-state index in [1.54, 1.807) is 0 Å². The van der Waals surface area contributed by atoms with Gasteiger partial charge in [-0.3, -0.25) is 4.79 Å². The van der Waals surface area contributed by atoms with E-state index in [0.717, 1.165) is 6.26 Å². The number of ether oxygens (including phenoxy) is 1. The van der Waals surface area contributed by atoms with E-state index >= 15 is 0 Å². The molecule has 0 aliphatic carbocycles. The van der Waals surface area contributed by atoms with Gasteiger partial charge in [-0.1, -0.05) is 0 Å². The third-order valence-corrected chi connectivity index (χ3v) is 4.55. The Morgan fingerprint density at radius 1 is 1.22 bits per heavy atom. The van der Waals surface area contributed by atoms with Crippen LogP contribution in [0.3, 0.4) is 0 Å². The number of rotatable bonds is 5. The number of pyridine rings is 1. The standard InChI is InChI=1S/C15H15FN2O4S/c1-10(23(2,20)21)15(19)18-12-5-8-14(17-9-12)22-13-6-3-11(16)4-7-13/h3-10H,1-2H3,(H,18,19)/t10-/m1/s1. The number of nitrogens with one attached hydrogen (secondary N) is 1. The molecule has 0 spiro atoms. The van der Waals surface area contributed by atoms with E-state index in [2.05, 4.69) is 10.3 Å². The van der Waals surface area contributed by atoms with E-state index in [1.165, 1.54) is 49.5 Å². The second-order valence-electron chi connectivity index (χ2n) is 4.90. The summed E-state index contributed by atoms with van der Waals surface area (Å²) in [7, 11) is -3.46. The molecule has 1 aromatic carbocycles. The summed E-state index contributed by atoms with van der Waals surface area (Å²) in [6.07, 6.45) is 2.33. The summed E-state index contributed by atoms with van der Waals surface area (Å²) >= 11 is 0. The summed E-state index contributed by atoms with van der Waals surface area (Å²) in [5, 5.41) is 1.31. The first-order chi connectivity index (χ1) is 10.8.